The van der Waals surface area contributed by atoms with Crippen LogP contribution in [0.5, 0.6) is 0 Å². The van der Waals surface area contributed by atoms with E-state index in [0.717, 1.165) is 38.5 Å². The summed E-state index contributed by atoms with van der Waals surface area (Å²) in [6.07, 6.45) is 6.80. The van der Waals surface area contributed by atoms with Crippen molar-refractivity contribution >= 4 is 11.9 Å². The van der Waals surface area contributed by atoms with Crippen LogP contribution < -0.4 is 0 Å². The third kappa shape index (κ3) is 16.7. The second-order valence-corrected chi connectivity index (χ2v) is 11.6. The summed E-state index contributed by atoms with van der Waals surface area (Å²) in [7, 11) is 0. The molecule has 0 N–H and O–H groups in total. The molecule has 4 nitrogen and oxygen atoms in total. The molecule has 0 saturated carbocycles. The minimum Gasteiger partial charge on any atom is -0.466 e. The maximum Gasteiger partial charge on any atom is 0.306 e. The van der Waals surface area contributed by atoms with E-state index in [2.05, 4.69) is 62.3 Å². The van der Waals surface area contributed by atoms with Crippen LogP contribution in [0.2, 0.25) is 0 Å². The van der Waals surface area contributed by atoms with Gasteiger partial charge in [-0.3, -0.25) is 9.59 Å². The number of carbonyl (C=O) groups is 2. The standard InChI is InChI=1S/C26H50O4/c1-10-26(8,9)19-21(3)11-12-23(27)29-15-13-20(2)14-16-30-24(28)17-22(4)18-25(5,6)7/h20-22H,10-19H2,1-9H3. The Hall–Kier alpha value is -1.06. The van der Waals surface area contributed by atoms with Crippen molar-refractivity contribution in [1.82, 2.24) is 0 Å². The van der Waals surface area contributed by atoms with E-state index in [-0.39, 0.29) is 17.4 Å². The van der Waals surface area contributed by atoms with Crippen LogP contribution in [-0.4, -0.2) is 25.2 Å². The molecule has 30 heavy (non-hydrogen) atoms. The minimum atomic E-state index is -0.106. The number of ether oxygens (including phenoxy) is 2. The Bertz CT molecular complexity index is 490. The Morgan fingerprint density at radius 3 is 1.77 bits per heavy atom. The smallest absolute Gasteiger partial charge is 0.306 e. The van der Waals surface area contributed by atoms with Crippen molar-refractivity contribution in [3.63, 3.8) is 0 Å². The van der Waals surface area contributed by atoms with Crippen LogP contribution in [0.3, 0.4) is 0 Å². The Morgan fingerprint density at radius 1 is 0.733 bits per heavy atom. The highest BCUT2D eigenvalue weighted by Gasteiger charge is 2.20. The molecular formula is C26H50O4. The van der Waals surface area contributed by atoms with Gasteiger partial charge < -0.3 is 9.47 Å². The van der Waals surface area contributed by atoms with Crippen LogP contribution in [0.1, 0.15) is 114 Å². The van der Waals surface area contributed by atoms with E-state index in [1.54, 1.807) is 0 Å². The summed E-state index contributed by atoms with van der Waals surface area (Å²) in [6.45, 7) is 20.7. The molecular weight excluding hydrogens is 376 g/mol. The summed E-state index contributed by atoms with van der Waals surface area (Å²) in [6, 6.07) is 0. The third-order valence-electron chi connectivity index (χ3n) is 5.92. The van der Waals surface area contributed by atoms with Crippen LogP contribution in [0.25, 0.3) is 0 Å². The Kier molecular flexibility index (Phi) is 13.6. The summed E-state index contributed by atoms with van der Waals surface area (Å²) in [5.41, 5.74) is 0.572. The SMILES string of the molecule is CCC(C)(C)CC(C)CCC(=O)OCCC(C)CCOC(=O)CC(C)CC(C)(C)C. The minimum absolute atomic E-state index is 0.0948. The highest BCUT2D eigenvalue weighted by atomic mass is 16.5. The fraction of sp³-hybridized carbons (Fsp3) is 0.923. The van der Waals surface area contributed by atoms with Crippen molar-refractivity contribution in [2.24, 2.45) is 28.6 Å². The zero-order valence-electron chi connectivity index (χ0n) is 21.4. The van der Waals surface area contributed by atoms with Gasteiger partial charge in [0.05, 0.1) is 13.2 Å². The van der Waals surface area contributed by atoms with E-state index < -0.39 is 0 Å². The van der Waals surface area contributed by atoms with Gasteiger partial charge in [-0.25, -0.2) is 0 Å². The lowest BCUT2D eigenvalue weighted by Crippen LogP contribution is -2.17. The van der Waals surface area contributed by atoms with Gasteiger partial charge in [0.1, 0.15) is 0 Å². The van der Waals surface area contributed by atoms with Crippen LogP contribution in [0.4, 0.5) is 0 Å². The van der Waals surface area contributed by atoms with Gasteiger partial charge >= 0.3 is 11.9 Å². The molecule has 0 radical (unpaired) electrons. The maximum atomic E-state index is 12.0. The van der Waals surface area contributed by atoms with Crippen LogP contribution in [0.15, 0.2) is 0 Å². The van der Waals surface area contributed by atoms with Crippen molar-refractivity contribution in [1.29, 1.82) is 0 Å². The second-order valence-electron chi connectivity index (χ2n) is 11.6. The van der Waals surface area contributed by atoms with Crippen LogP contribution in [0, 0.1) is 28.6 Å². The first-order valence-corrected chi connectivity index (χ1v) is 12.1. The van der Waals surface area contributed by atoms with E-state index in [0.29, 0.717) is 49.2 Å². The molecule has 0 aliphatic rings. The lowest BCUT2D eigenvalue weighted by atomic mass is 9.80. The van der Waals surface area contributed by atoms with Gasteiger partial charge in [0, 0.05) is 12.8 Å². The number of carbonyl (C=O) groups excluding carboxylic acids is 2. The number of hydrogen-bond donors (Lipinski definition) is 0. The van der Waals surface area contributed by atoms with E-state index in [9.17, 15) is 9.59 Å². The normalized spacial score (nSPS) is 15.4. The quantitative estimate of drug-likeness (QED) is 0.260. The molecule has 3 unspecified atom stereocenters. The van der Waals surface area contributed by atoms with Gasteiger partial charge in [0.2, 0.25) is 0 Å². The molecule has 0 aromatic rings. The molecule has 0 spiro atoms. The molecule has 0 aromatic heterocycles. The van der Waals surface area contributed by atoms with E-state index in [4.69, 9.17) is 9.47 Å². The van der Waals surface area contributed by atoms with Gasteiger partial charge in [-0.1, -0.05) is 68.7 Å². The molecule has 0 fully saturated rings. The lowest BCUT2D eigenvalue weighted by Gasteiger charge is -2.26. The van der Waals surface area contributed by atoms with Crippen LogP contribution >= 0.6 is 0 Å². The van der Waals surface area contributed by atoms with Crippen molar-refractivity contribution in [3.05, 3.63) is 0 Å². The zero-order valence-corrected chi connectivity index (χ0v) is 21.4. The molecule has 0 aliphatic heterocycles. The fourth-order valence-corrected chi connectivity index (χ4v) is 3.98. The molecule has 0 aliphatic carbocycles. The van der Waals surface area contributed by atoms with E-state index in [1.807, 2.05) is 0 Å². The Morgan fingerprint density at radius 2 is 1.27 bits per heavy atom. The largest absolute Gasteiger partial charge is 0.466 e. The molecule has 0 bridgehead atoms. The first-order chi connectivity index (χ1) is 13.7. The van der Waals surface area contributed by atoms with Gasteiger partial charge in [0.15, 0.2) is 0 Å². The predicted octanol–water partition coefficient (Wildman–Crippen LogP) is 7.19. The van der Waals surface area contributed by atoms with Gasteiger partial charge in [-0.05, 0) is 60.7 Å². The average molecular weight is 427 g/mol. The summed E-state index contributed by atoms with van der Waals surface area (Å²) >= 11 is 0. The number of esters is 2. The summed E-state index contributed by atoms with van der Waals surface area (Å²) < 4.78 is 10.8. The molecule has 0 saturated heterocycles. The maximum absolute atomic E-state index is 12.0. The molecule has 0 heterocycles. The van der Waals surface area contributed by atoms with Crippen molar-refractivity contribution in [2.45, 2.75) is 114 Å². The van der Waals surface area contributed by atoms with Gasteiger partial charge in [0.25, 0.3) is 0 Å². The molecule has 0 aromatic carbocycles. The van der Waals surface area contributed by atoms with E-state index in [1.165, 1.54) is 0 Å². The Labute approximate surface area is 186 Å². The first-order valence-electron chi connectivity index (χ1n) is 12.1. The summed E-state index contributed by atoms with van der Waals surface area (Å²) in [5, 5.41) is 0. The molecule has 3 atom stereocenters. The first kappa shape index (κ1) is 28.9. The molecule has 0 amide bonds. The van der Waals surface area contributed by atoms with Crippen molar-refractivity contribution < 1.29 is 19.1 Å². The zero-order chi connectivity index (χ0) is 23.4. The molecule has 178 valence electrons. The van der Waals surface area contributed by atoms with Gasteiger partial charge in [-0.2, -0.15) is 0 Å². The van der Waals surface area contributed by atoms with Crippen LogP contribution in [-0.2, 0) is 19.1 Å². The lowest BCUT2D eigenvalue weighted by molar-refractivity contribution is -0.145. The second kappa shape index (κ2) is 14.1. The fourth-order valence-electron chi connectivity index (χ4n) is 3.98. The summed E-state index contributed by atoms with van der Waals surface area (Å²) in [4.78, 5) is 23.9. The predicted molar refractivity (Wildman–Crippen MR) is 125 cm³/mol. The molecule has 0 rings (SSSR count). The number of rotatable bonds is 15. The number of hydrogen-bond acceptors (Lipinski definition) is 4. The van der Waals surface area contributed by atoms with Crippen molar-refractivity contribution in [2.75, 3.05) is 13.2 Å². The average Bonchev–Trinajstić information content (AvgIpc) is 2.57. The topological polar surface area (TPSA) is 52.6 Å². The van der Waals surface area contributed by atoms with Gasteiger partial charge in [-0.15, -0.1) is 0 Å². The van der Waals surface area contributed by atoms with Crippen molar-refractivity contribution in [3.8, 4) is 0 Å². The third-order valence-corrected chi connectivity index (χ3v) is 5.92. The monoisotopic (exact) mass is 426 g/mol. The van der Waals surface area contributed by atoms with E-state index >= 15 is 0 Å². The summed E-state index contributed by atoms with van der Waals surface area (Å²) in [5.74, 6) is 1.03. The Balaban J connectivity index is 3.85. The highest BCUT2D eigenvalue weighted by molar-refractivity contribution is 5.69. The molecule has 4 heteroatoms. The highest BCUT2D eigenvalue weighted by Crippen LogP contribution is 2.30.